The zero-order valence-corrected chi connectivity index (χ0v) is 19.8. The van der Waals surface area contributed by atoms with Crippen molar-refractivity contribution in [3.63, 3.8) is 0 Å². The van der Waals surface area contributed by atoms with E-state index in [1.165, 1.54) is 0 Å². The van der Waals surface area contributed by atoms with Gasteiger partial charge in [0.25, 0.3) is 5.91 Å². The van der Waals surface area contributed by atoms with Crippen molar-refractivity contribution in [2.24, 2.45) is 0 Å². The topological polar surface area (TPSA) is 58.6 Å². The van der Waals surface area contributed by atoms with Gasteiger partial charge in [-0.2, -0.15) is 0 Å². The van der Waals surface area contributed by atoms with Gasteiger partial charge in [0.1, 0.15) is 11.8 Å². The number of halogens is 1. The molecule has 2 aromatic carbocycles. The van der Waals surface area contributed by atoms with E-state index >= 15 is 0 Å². The van der Waals surface area contributed by atoms with Gasteiger partial charge < -0.3 is 15.0 Å². The summed E-state index contributed by atoms with van der Waals surface area (Å²) in [5, 5.41) is 3.63. The highest BCUT2D eigenvalue weighted by Gasteiger charge is 2.28. The molecule has 1 N–H and O–H groups in total. The lowest BCUT2D eigenvalue weighted by Crippen LogP contribution is -2.52. The number of amides is 2. The highest BCUT2D eigenvalue weighted by Crippen LogP contribution is 2.26. The maximum Gasteiger partial charge on any atom is 0.261 e. The Hall–Kier alpha value is -2.53. The molecule has 0 saturated carbocycles. The molecule has 0 aromatic heterocycles. The van der Waals surface area contributed by atoms with Crippen LogP contribution in [0.2, 0.25) is 5.02 Å². The monoisotopic (exact) mass is 444 g/mol. The smallest absolute Gasteiger partial charge is 0.261 e. The minimum atomic E-state index is -0.545. The van der Waals surface area contributed by atoms with Crippen molar-refractivity contribution in [2.45, 2.75) is 59.5 Å². The van der Waals surface area contributed by atoms with Gasteiger partial charge in [-0.3, -0.25) is 9.59 Å². The molecule has 0 spiro atoms. The van der Waals surface area contributed by atoms with Gasteiger partial charge in [-0.25, -0.2) is 0 Å². The minimum absolute atomic E-state index is 0.00360. The van der Waals surface area contributed by atoms with E-state index < -0.39 is 6.04 Å². The van der Waals surface area contributed by atoms with Crippen LogP contribution >= 0.6 is 11.6 Å². The van der Waals surface area contributed by atoms with Gasteiger partial charge in [0.15, 0.2) is 6.61 Å². The van der Waals surface area contributed by atoms with Crippen LogP contribution in [0.3, 0.4) is 0 Å². The predicted octanol–water partition coefficient (Wildman–Crippen LogP) is 4.71. The van der Waals surface area contributed by atoms with E-state index in [4.69, 9.17) is 16.3 Å². The van der Waals surface area contributed by atoms with Gasteiger partial charge >= 0.3 is 0 Å². The molecular weight excluding hydrogens is 412 g/mol. The molecule has 0 fully saturated rings. The minimum Gasteiger partial charge on any atom is -0.484 e. The molecule has 0 aliphatic carbocycles. The zero-order chi connectivity index (χ0) is 23.0. The number of nitrogens with zero attached hydrogens (tertiary/aromatic N) is 1. The molecule has 0 aliphatic heterocycles. The molecular formula is C25H33ClN2O3. The van der Waals surface area contributed by atoms with Gasteiger partial charge in [0.05, 0.1) is 0 Å². The normalized spacial score (nSPS) is 11.8. The standard InChI is InChI=1S/C25H33ClN2O3/c1-6-22(25(30)27-17(2)3)28(13-12-20-10-8-7-9-11-20)23(29)16-31-21-14-18(4)24(26)19(5)15-21/h7-11,14-15,17,22H,6,12-13,16H2,1-5H3,(H,27,30)/t22-/m0/s1. The fraction of sp³-hybridized carbons (Fsp3) is 0.440. The van der Waals surface area contributed by atoms with Crippen molar-refractivity contribution < 1.29 is 14.3 Å². The summed E-state index contributed by atoms with van der Waals surface area (Å²) in [4.78, 5) is 27.6. The maximum absolute atomic E-state index is 13.2. The first-order valence-electron chi connectivity index (χ1n) is 10.8. The largest absolute Gasteiger partial charge is 0.484 e. The Morgan fingerprint density at radius 2 is 1.71 bits per heavy atom. The second-order valence-corrected chi connectivity index (χ2v) is 8.45. The number of hydrogen-bond acceptors (Lipinski definition) is 3. The Kier molecular flexibility index (Phi) is 9.38. The molecule has 6 heteroatoms. The number of benzene rings is 2. The van der Waals surface area contributed by atoms with Crippen LogP contribution in [0, 0.1) is 13.8 Å². The number of hydrogen-bond donors (Lipinski definition) is 1. The van der Waals surface area contributed by atoms with E-state index in [2.05, 4.69) is 5.32 Å². The molecule has 2 amide bonds. The van der Waals surface area contributed by atoms with E-state index in [0.717, 1.165) is 16.7 Å². The summed E-state index contributed by atoms with van der Waals surface area (Å²) in [5.41, 5.74) is 2.91. The lowest BCUT2D eigenvalue weighted by Gasteiger charge is -2.31. The summed E-state index contributed by atoms with van der Waals surface area (Å²) in [6, 6.07) is 13.0. The summed E-state index contributed by atoms with van der Waals surface area (Å²) in [6.07, 6.45) is 1.19. The zero-order valence-electron chi connectivity index (χ0n) is 19.1. The number of carbonyl (C=O) groups excluding carboxylic acids is 2. The third-order valence-electron chi connectivity index (χ3n) is 5.07. The van der Waals surface area contributed by atoms with Crippen molar-refractivity contribution in [3.8, 4) is 5.75 Å². The first-order chi connectivity index (χ1) is 14.7. The molecule has 0 radical (unpaired) electrons. The number of carbonyl (C=O) groups is 2. The van der Waals surface area contributed by atoms with Gasteiger partial charge in [-0.1, -0.05) is 48.9 Å². The molecule has 0 unspecified atom stereocenters. The van der Waals surface area contributed by atoms with Crippen LogP contribution < -0.4 is 10.1 Å². The molecule has 168 valence electrons. The number of rotatable bonds is 10. The van der Waals surface area contributed by atoms with Crippen molar-refractivity contribution in [3.05, 3.63) is 64.2 Å². The quantitative estimate of drug-likeness (QED) is 0.577. The Balaban J connectivity index is 2.16. The fourth-order valence-electron chi connectivity index (χ4n) is 3.49. The first kappa shape index (κ1) is 24.7. The van der Waals surface area contributed by atoms with E-state index in [1.807, 2.05) is 77.1 Å². The molecule has 2 rings (SSSR count). The highest BCUT2D eigenvalue weighted by atomic mass is 35.5. The predicted molar refractivity (Wildman–Crippen MR) is 126 cm³/mol. The van der Waals surface area contributed by atoms with Crippen molar-refractivity contribution in [1.82, 2.24) is 10.2 Å². The van der Waals surface area contributed by atoms with Crippen LogP contribution in [0.1, 0.15) is 43.9 Å². The Bertz CT molecular complexity index is 861. The summed E-state index contributed by atoms with van der Waals surface area (Å²) in [6.45, 7) is 9.85. The van der Waals surface area contributed by atoms with Crippen LogP contribution in [0.5, 0.6) is 5.75 Å². The SMILES string of the molecule is CC[C@@H](C(=O)NC(C)C)N(CCc1ccccc1)C(=O)COc1cc(C)c(Cl)c(C)c1. The van der Waals surface area contributed by atoms with Crippen molar-refractivity contribution in [2.75, 3.05) is 13.2 Å². The van der Waals surface area contributed by atoms with Crippen molar-refractivity contribution >= 4 is 23.4 Å². The molecule has 1 atom stereocenters. The van der Waals surface area contributed by atoms with E-state index in [0.29, 0.717) is 30.2 Å². The number of ether oxygens (including phenoxy) is 1. The molecule has 5 nitrogen and oxygen atoms in total. The Morgan fingerprint density at radius 3 is 2.26 bits per heavy atom. The van der Waals surface area contributed by atoms with Crippen LogP contribution in [0.15, 0.2) is 42.5 Å². The summed E-state index contributed by atoms with van der Waals surface area (Å²) in [5.74, 6) is 0.236. The third kappa shape index (κ3) is 7.28. The van der Waals surface area contributed by atoms with Crippen molar-refractivity contribution in [1.29, 1.82) is 0 Å². The second kappa shape index (κ2) is 11.8. The van der Waals surface area contributed by atoms with Crippen LogP contribution in [-0.2, 0) is 16.0 Å². The molecule has 0 heterocycles. The average Bonchev–Trinajstić information content (AvgIpc) is 2.73. The second-order valence-electron chi connectivity index (χ2n) is 8.07. The van der Waals surface area contributed by atoms with E-state index in [-0.39, 0.29) is 24.5 Å². The molecule has 0 aliphatic rings. The number of nitrogens with one attached hydrogen (secondary N) is 1. The first-order valence-corrected chi connectivity index (χ1v) is 11.1. The summed E-state index contributed by atoms with van der Waals surface area (Å²) >= 11 is 6.22. The van der Waals surface area contributed by atoms with E-state index in [9.17, 15) is 9.59 Å². The lowest BCUT2D eigenvalue weighted by atomic mass is 10.1. The fourth-order valence-corrected chi connectivity index (χ4v) is 3.60. The van der Waals surface area contributed by atoms with Crippen LogP contribution in [0.4, 0.5) is 0 Å². The lowest BCUT2D eigenvalue weighted by molar-refractivity contribution is -0.142. The van der Waals surface area contributed by atoms with E-state index in [1.54, 1.807) is 4.90 Å². The molecule has 2 aromatic rings. The highest BCUT2D eigenvalue weighted by molar-refractivity contribution is 6.32. The van der Waals surface area contributed by atoms with Crippen LogP contribution in [-0.4, -0.2) is 41.9 Å². The van der Waals surface area contributed by atoms with Gasteiger partial charge in [-0.15, -0.1) is 0 Å². The average molecular weight is 445 g/mol. The summed E-state index contributed by atoms with van der Waals surface area (Å²) < 4.78 is 5.79. The maximum atomic E-state index is 13.2. The Labute approximate surface area is 190 Å². The number of aryl methyl sites for hydroxylation is 2. The molecule has 31 heavy (non-hydrogen) atoms. The Morgan fingerprint density at radius 1 is 1.10 bits per heavy atom. The summed E-state index contributed by atoms with van der Waals surface area (Å²) in [7, 11) is 0. The molecule has 0 bridgehead atoms. The van der Waals surface area contributed by atoms with Gasteiger partial charge in [0, 0.05) is 17.6 Å². The van der Waals surface area contributed by atoms with Gasteiger partial charge in [-0.05, 0) is 69.4 Å². The van der Waals surface area contributed by atoms with Gasteiger partial charge in [0.2, 0.25) is 5.91 Å². The molecule has 0 saturated heterocycles. The third-order valence-corrected chi connectivity index (χ3v) is 5.67. The van der Waals surface area contributed by atoms with Crippen LogP contribution in [0.25, 0.3) is 0 Å².